The number of halogens is 3. The van der Waals surface area contributed by atoms with Gasteiger partial charge in [-0.25, -0.2) is 17.2 Å². The van der Waals surface area contributed by atoms with Gasteiger partial charge >= 0.3 is 0 Å². The van der Waals surface area contributed by atoms with Gasteiger partial charge < -0.3 is 4.90 Å². The van der Waals surface area contributed by atoms with Gasteiger partial charge in [0, 0.05) is 29.8 Å². The Morgan fingerprint density at radius 1 is 1.19 bits per heavy atom. The molecule has 0 aromatic heterocycles. The van der Waals surface area contributed by atoms with Crippen molar-refractivity contribution < 1.29 is 22.0 Å². The molecule has 8 heteroatoms. The minimum absolute atomic E-state index is 0.258. The SMILES string of the molecule is CC1CN(C(=O)c2cc(S(=O)(=O)Cl)c(F)cc2F)CC1C. The van der Waals surface area contributed by atoms with Crippen LogP contribution in [0, 0.1) is 23.5 Å². The number of carbonyl (C=O) groups is 1. The zero-order valence-corrected chi connectivity index (χ0v) is 13.0. The van der Waals surface area contributed by atoms with Crippen LogP contribution in [0.15, 0.2) is 17.0 Å². The van der Waals surface area contributed by atoms with Crippen LogP contribution in [0.2, 0.25) is 0 Å². The molecule has 0 radical (unpaired) electrons. The molecule has 2 rings (SSSR count). The van der Waals surface area contributed by atoms with Gasteiger partial charge in [-0.15, -0.1) is 0 Å². The molecule has 0 saturated carbocycles. The number of likely N-dealkylation sites (tertiary alicyclic amines) is 1. The molecule has 1 aliphatic rings. The summed E-state index contributed by atoms with van der Waals surface area (Å²) >= 11 is 0. The first-order valence-corrected chi connectivity index (χ1v) is 8.65. The monoisotopic (exact) mass is 337 g/mol. The summed E-state index contributed by atoms with van der Waals surface area (Å²) in [6, 6.07) is 1.02. The second kappa shape index (κ2) is 5.53. The molecule has 1 aromatic rings. The molecular formula is C13H14ClF2NO3S. The third-order valence-electron chi connectivity index (χ3n) is 3.79. The zero-order chi connectivity index (χ0) is 15.9. The average molecular weight is 338 g/mol. The number of nitrogens with zero attached hydrogens (tertiary/aromatic N) is 1. The lowest BCUT2D eigenvalue weighted by Crippen LogP contribution is -2.29. The molecule has 1 aliphatic heterocycles. The van der Waals surface area contributed by atoms with Crippen LogP contribution in [0.5, 0.6) is 0 Å². The molecule has 1 aromatic carbocycles. The van der Waals surface area contributed by atoms with Crippen molar-refractivity contribution in [3.05, 3.63) is 29.3 Å². The molecule has 1 saturated heterocycles. The van der Waals surface area contributed by atoms with Crippen LogP contribution in [0.25, 0.3) is 0 Å². The summed E-state index contributed by atoms with van der Waals surface area (Å²) in [5.41, 5.74) is -0.489. The molecule has 0 N–H and O–H groups in total. The Morgan fingerprint density at radius 3 is 2.19 bits per heavy atom. The lowest BCUT2D eigenvalue weighted by molar-refractivity contribution is 0.0780. The van der Waals surface area contributed by atoms with Crippen molar-refractivity contribution in [3.63, 3.8) is 0 Å². The summed E-state index contributed by atoms with van der Waals surface area (Å²) in [6.07, 6.45) is 0. The maximum absolute atomic E-state index is 13.8. The van der Waals surface area contributed by atoms with E-state index >= 15 is 0 Å². The lowest BCUT2D eigenvalue weighted by Gasteiger charge is -2.17. The number of hydrogen-bond acceptors (Lipinski definition) is 3. The smallest absolute Gasteiger partial charge is 0.264 e. The zero-order valence-electron chi connectivity index (χ0n) is 11.4. The minimum atomic E-state index is -4.39. The Labute approximate surface area is 126 Å². The third kappa shape index (κ3) is 3.18. The summed E-state index contributed by atoms with van der Waals surface area (Å²) in [6.45, 7) is 4.82. The van der Waals surface area contributed by atoms with Crippen LogP contribution in [0.1, 0.15) is 24.2 Å². The van der Waals surface area contributed by atoms with Crippen LogP contribution in [0.4, 0.5) is 8.78 Å². The molecule has 2 atom stereocenters. The maximum Gasteiger partial charge on any atom is 0.264 e. The van der Waals surface area contributed by atoms with Gasteiger partial charge in [0.15, 0.2) is 0 Å². The summed E-state index contributed by atoms with van der Waals surface area (Å²) in [7, 11) is 0.692. The van der Waals surface area contributed by atoms with Crippen LogP contribution < -0.4 is 0 Å². The van der Waals surface area contributed by atoms with Gasteiger partial charge in [0.1, 0.15) is 16.5 Å². The second-order valence-electron chi connectivity index (χ2n) is 5.37. The molecular weight excluding hydrogens is 324 g/mol. The molecule has 1 heterocycles. The van der Waals surface area contributed by atoms with E-state index in [4.69, 9.17) is 10.7 Å². The fraction of sp³-hybridized carbons (Fsp3) is 0.462. The standard InChI is InChI=1S/C13H14ClF2NO3S/c1-7-5-17(6-8(7)2)13(18)9-3-12(21(14,19)20)11(16)4-10(9)15/h3-4,7-8H,5-6H2,1-2H3. The molecule has 21 heavy (non-hydrogen) atoms. The van der Waals surface area contributed by atoms with E-state index < -0.39 is 37.1 Å². The predicted molar refractivity (Wildman–Crippen MR) is 73.6 cm³/mol. The molecule has 1 amide bonds. The minimum Gasteiger partial charge on any atom is -0.338 e. The second-order valence-corrected chi connectivity index (χ2v) is 7.90. The highest BCUT2D eigenvalue weighted by atomic mass is 35.7. The normalized spacial score (nSPS) is 22.6. The first kappa shape index (κ1) is 16.2. The van der Waals surface area contributed by atoms with Gasteiger partial charge in [-0.1, -0.05) is 13.8 Å². The lowest BCUT2D eigenvalue weighted by atomic mass is 10.0. The van der Waals surface area contributed by atoms with Crippen LogP contribution in [-0.2, 0) is 9.05 Å². The fourth-order valence-electron chi connectivity index (χ4n) is 2.35. The third-order valence-corrected chi connectivity index (χ3v) is 5.13. The first-order chi connectivity index (χ1) is 9.61. The Morgan fingerprint density at radius 2 is 1.71 bits per heavy atom. The van der Waals surface area contributed by atoms with Gasteiger partial charge in [-0.3, -0.25) is 4.79 Å². The molecule has 116 valence electrons. The molecule has 1 fully saturated rings. The Balaban J connectivity index is 2.43. The first-order valence-electron chi connectivity index (χ1n) is 6.34. The molecule has 2 unspecified atom stereocenters. The van der Waals surface area contributed by atoms with Gasteiger partial charge in [-0.2, -0.15) is 0 Å². The van der Waals surface area contributed by atoms with E-state index in [1.807, 2.05) is 13.8 Å². The Bertz CT molecular complexity index is 683. The van der Waals surface area contributed by atoms with Gasteiger partial charge in [0.25, 0.3) is 15.0 Å². The fourth-order valence-corrected chi connectivity index (χ4v) is 3.25. The highest BCUT2D eigenvalue weighted by molar-refractivity contribution is 8.13. The van der Waals surface area contributed by atoms with E-state index in [9.17, 15) is 22.0 Å². The predicted octanol–water partition coefficient (Wildman–Crippen LogP) is 2.62. The summed E-state index contributed by atoms with van der Waals surface area (Å²) < 4.78 is 49.7. The van der Waals surface area contributed by atoms with E-state index in [1.165, 1.54) is 4.90 Å². The van der Waals surface area contributed by atoms with Crippen molar-refractivity contribution in [2.24, 2.45) is 11.8 Å². The van der Waals surface area contributed by atoms with Crippen molar-refractivity contribution in [1.29, 1.82) is 0 Å². The number of amides is 1. The topological polar surface area (TPSA) is 54.5 Å². The number of rotatable bonds is 2. The van der Waals surface area contributed by atoms with Crippen LogP contribution >= 0.6 is 10.7 Å². The highest BCUT2D eigenvalue weighted by Gasteiger charge is 2.32. The maximum atomic E-state index is 13.8. The highest BCUT2D eigenvalue weighted by Crippen LogP contribution is 2.27. The van der Waals surface area contributed by atoms with Gasteiger partial charge in [0.05, 0.1) is 5.56 Å². The number of benzene rings is 1. The van der Waals surface area contributed by atoms with Gasteiger partial charge in [0.2, 0.25) is 0 Å². The van der Waals surface area contributed by atoms with Crippen molar-refractivity contribution in [1.82, 2.24) is 4.90 Å². The van der Waals surface area contributed by atoms with Crippen LogP contribution in [0.3, 0.4) is 0 Å². The molecule has 0 aliphatic carbocycles. The van der Waals surface area contributed by atoms with E-state index in [0.29, 0.717) is 25.2 Å². The number of hydrogen-bond donors (Lipinski definition) is 0. The Hall–Kier alpha value is -1.21. The summed E-state index contributed by atoms with van der Waals surface area (Å²) in [5.74, 6) is -2.57. The Kier molecular flexibility index (Phi) is 4.26. The molecule has 0 spiro atoms. The molecule has 4 nitrogen and oxygen atoms in total. The largest absolute Gasteiger partial charge is 0.338 e. The van der Waals surface area contributed by atoms with Crippen molar-refractivity contribution in [3.8, 4) is 0 Å². The van der Waals surface area contributed by atoms with Crippen LogP contribution in [-0.4, -0.2) is 32.3 Å². The number of carbonyl (C=O) groups excluding carboxylic acids is 1. The van der Waals surface area contributed by atoms with Crippen molar-refractivity contribution in [2.45, 2.75) is 18.7 Å². The van der Waals surface area contributed by atoms with E-state index in [0.717, 1.165) is 0 Å². The van der Waals surface area contributed by atoms with Crippen molar-refractivity contribution in [2.75, 3.05) is 13.1 Å². The quantitative estimate of drug-likeness (QED) is 0.779. The summed E-state index contributed by atoms with van der Waals surface area (Å²) in [5, 5.41) is 0. The van der Waals surface area contributed by atoms with Crippen molar-refractivity contribution >= 4 is 25.6 Å². The molecule has 0 bridgehead atoms. The average Bonchev–Trinajstić information content (AvgIpc) is 2.67. The van der Waals surface area contributed by atoms with Gasteiger partial charge in [-0.05, 0) is 17.9 Å². The summed E-state index contributed by atoms with van der Waals surface area (Å²) in [4.78, 5) is 12.8. The van der Waals surface area contributed by atoms with E-state index in [1.54, 1.807) is 0 Å². The van der Waals surface area contributed by atoms with E-state index in [2.05, 4.69) is 0 Å². The van der Waals surface area contributed by atoms with E-state index in [-0.39, 0.29) is 11.8 Å².